The van der Waals surface area contributed by atoms with Gasteiger partial charge in [0, 0.05) is 0 Å². The van der Waals surface area contributed by atoms with Crippen molar-refractivity contribution in [2.45, 2.75) is 12.7 Å². The van der Waals surface area contributed by atoms with Crippen molar-refractivity contribution in [2.24, 2.45) is 0 Å². The highest BCUT2D eigenvalue weighted by Gasteiger charge is 2.19. The summed E-state index contributed by atoms with van der Waals surface area (Å²) in [5.41, 5.74) is 1.38. The number of carbonyl (C=O) groups excluding carboxylic acids is 1. The van der Waals surface area contributed by atoms with E-state index in [1.807, 2.05) is 30.3 Å². The molecule has 0 fully saturated rings. The van der Waals surface area contributed by atoms with Gasteiger partial charge in [0.25, 0.3) is 0 Å². The summed E-state index contributed by atoms with van der Waals surface area (Å²) in [6.45, 7) is 0.388. The van der Waals surface area contributed by atoms with Crippen LogP contribution in [0.3, 0.4) is 0 Å². The van der Waals surface area contributed by atoms with E-state index in [1.54, 1.807) is 12.1 Å². The van der Waals surface area contributed by atoms with Crippen molar-refractivity contribution in [3.8, 4) is 5.75 Å². The van der Waals surface area contributed by atoms with Crippen molar-refractivity contribution in [1.29, 1.82) is 0 Å². The normalized spacial score (nSPS) is 11.8. The molecule has 0 bridgehead atoms. The first kappa shape index (κ1) is 15.4. The summed E-state index contributed by atoms with van der Waals surface area (Å²) < 4.78 is 10.1. The predicted molar refractivity (Wildman–Crippen MR) is 79.2 cm³/mol. The molecule has 0 aliphatic rings. The third-order valence-electron chi connectivity index (χ3n) is 2.93. The molecule has 5 heteroatoms. The summed E-state index contributed by atoms with van der Waals surface area (Å²) >= 11 is 6.10. The molecule has 1 atom stereocenters. The topological polar surface area (TPSA) is 55.8 Å². The molecule has 0 saturated carbocycles. The van der Waals surface area contributed by atoms with E-state index in [9.17, 15) is 9.90 Å². The molecule has 2 aromatic rings. The number of hydrogen-bond donors (Lipinski definition) is 1. The molecule has 0 aromatic heterocycles. The van der Waals surface area contributed by atoms with Gasteiger partial charge in [-0.1, -0.05) is 48.0 Å². The lowest BCUT2D eigenvalue weighted by Crippen LogP contribution is -2.13. The number of benzene rings is 2. The molecular formula is C16H15ClO4. The van der Waals surface area contributed by atoms with E-state index < -0.39 is 12.1 Å². The van der Waals surface area contributed by atoms with E-state index in [2.05, 4.69) is 4.74 Å². The molecule has 0 aliphatic heterocycles. The quantitative estimate of drug-likeness (QED) is 0.862. The summed E-state index contributed by atoms with van der Waals surface area (Å²) in [5, 5.41) is 10.1. The third kappa shape index (κ3) is 3.97. The highest BCUT2D eigenvalue weighted by molar-refractivity contribution is 6.32. The van der Waals surface area contributed by atoms with Crippen molar-refractivity contribution in [2.75, 3.05) is 7.11 Å². The van der Waals surface area contributed by atoms with Gasteiger partial charge in [0.05, 0.1) is 12.1 Å². The Hall–Kier alpha value is -2.04. The number of aliphatic hydroxyl groups is 1. The summed E-state index contributed by atoms with van der Waals surface area (Å²) in [6, 6.07) is 14.4. The van der Waals surface area contributed by atoms with Gasteiger partial charge in [0.2, 0.25) is 0 Å². The van der Waals surface area contributed by atoms with E-state index >= 15 is 0 Å². The number of hydrogen-bond acceptors (Lipinski definition) is 4. The number of aliphatic hydroxyl groups excluding tert-OH is 1. The summed E-state index contributed by atoms with van der Waals surface area (Å²) in [6.07, 6.45) is -1.35. The van der Waals surface area contributed by atoms with Crippen LogP contribution in [0.15, 0.2) is 48.5 Å². The van der Waals surface area contributed by atoms with Crippen LogP contribution in [0.1, 0.15) is 17.2 Å². The van der Waals surface area contributed by atoms with Crippen LogP contribution in [0, 0.1) is 0 Å². The monoisotopic (exact) mass is 306 g/mol. The Morgan fingerprint density at radius 2 is 1.95 bits per heavy atom. The Labute approximate surface area is 127 Å². The molecule has 1 N–H and O–H groups in total. The zero-order chi connectivity index (χ0) is 15.2. The maximum Gasteiger partial charge on any atom is 0.339 e. The second kappa shape index (κ2) is 7.11. The fourth-order valence-electron chi connectivity index (χ4n) is 1.79. The fourth-order valence-corrected chi connectivity index (χ4v) is 2.03. The van der Waals surface area contributed by atoms with E-state index in [1.165, 1.54) is 13.2 Å². The van der Waals surface area contributed by atoms with E-state index in [-0.39, 0.29) is 0 Å². The zero-order valence-corrected chi connectivity index (χ0v) is 12.2. The summed E-state index contributed by atoms with van der Waals surface area (Å²) in [5.74, 6) is -0.245. The van der Waals surface area contributed by atoms with Crippen LogP contribution in [0.4, 0.5) is 0 Å². The Balaban J connectivity index is 2.07. The smallest absolute Gasteiger partial charge is 0.339 e. The number of esters is 1. The molecule has 0 spiro atoms. The van der Waals surface area contributed by atoms with Crippen LogP contribution in [0.5, 0.6) is 5.75 Å². The molecular weight excluding hydrogens is 292 g/mol. The first-order chi connectivity index (χ1) is 10.1. The van der Waals surface area contributed by atoms with Crippen LogP contribution < -0.4 is 4.74 Å². The van der Waals surface area contributed by atoms with Crippen molar-refractivity contribution >= 4 is 17.6 Å². The Kier molecular flexibility index (Phi) is 5.20. The lowest BCUT2D eigenvalue weighted by atomic mass is 10.1. The maximum absolute atomic E-state index is 11.3. The highest BCUT2D eigenvalue weighted by atomic mass is 35.5. The van der Waals surface area contributed by atoms with Gasteiger partial charge in [-0.25, -0.2) is 4.79 Å². The van der Waals surface area contributed by atoms with E-state index in [0.29, 0.717) is 22.9 Å². The Morgan fingerprint density at radius 1 is 1.24 bits per heavy atom. The largest absolute Gasteiger partial charge is 0.487 e. The zero-order valence-electron chi connectivity index (χ0n) is 11.5. The average Bonchev–Trinajstić information content (AvgIpc) is 2.53. The molecule has 0 aliphatic carbocycles. The van der Waals surface area contributed by atoms with Crippen molar-refractivity contribution in [1.82, 2.24) is 0 Å². The Bertz CT molecular complexity index is 613. The molecule has 0 saturated heterocycles. The van der Waals surface area contributed by atoms with Gasteiger partial charge in [-0.15, -0.1) is 0 Å². The summed E-state index contributed by atoms with van der Waals surface area (Å²) in [7, 11) is 1.21. The minimum Gasteiger partial charge on any atom is -0.487 e. The molecule has 4 nitrogen and oxygen atoms in total. The lowest BCUT2D eigenvalue weighted by molar-refractivity contribution is -0.150. The van der Waals surface area contributed by atoms with Crippen LogP contribution in [-0.2, 0) is 16.1 Å². The second-order valence-corrected chi connectivity index (χ2v) is 4.80. The van der Waals surface area contributed by atoms with Crippen molar-refractivity contribution in [3.05, 3.63) is 64.7 Å². The number of halogens is 1. The first-order valence-electron chi connectivity index (χ1n) is 6.34. The standard InChI is InChI=1S/C16H15ClO4/c1-20-16(19)15(18)12-7-8-14(13(17)9-12)21-10-11-5-3-2-4-6-11/h2-9,15,18H,10H2,1H3. The molecule has 110 valence electrons. The van der Waals surface area contributed by atoms with Gasteiger partial charge >= 0.3 is 5.97 Å². The fraction of sp³-hybridized carbons (Fsp3) is 0.188. The van der Waals surface area contributed by atoms with Gasteiger partial charge < -0.3 is 14.6 Å². The third-order valence-corrected chi connectivity index (χ3v) is 3.23. The van der Waals surface area contributed by atoms with Gasteiger partial charge in [-0.05, 0) is 23.3 Å². The maximum atomic E-state index is 11.3. The van der Waals surface area contributed by atoms with Crippen LogP contribution in [-0.4, -0.2) is 18.2 Å². The van der Waals surface area contributed by atoms with E-state index in [4.69, 9.17) is 16.3 Å². The number of methoxy groups -OCH3 is 1. The molecule has 0 radical (unpaired) electrons. The SMILES string of the molecule is COC(=O)C(O)c1ccc(OCc2ccccc2)c(Cl)c1. The van der Waals surface area contributed by atoms with Crippen LogP contribution in [0.2, 0.25) is 5.02 Å². The molecule has 1 unspecified atom stereocenters. The number of rotatable bonds is 5. The average molecular weight is 307 g/mol. The van der Waals surface area contributed by atoms with Gasteiger partial charge in [0.15, 0.2) is 6.10 Å². The number of carbonyl (C=O) groups is 1. The molecule has 21 heavy (non-hydrogen) atoms. The van der Waals surface area contributed by atoms with Crippen molar-refractivity contribution in [3.63, 3.8) is 0 Å². The van der Waals surface area contributed by atoms with Crippen molar-refractivity contribution < 1.29 is 19.4 Å². The summed E-state index contributed by atoms with van der Waals surface area (Å²) in [4.78, 5) is 11.3. The predicted octanol–water partition coefficient (Wildman–Crippen LogP) is 3.13. The van der Waals surface area contributed by atoms with Crippen LogP contribution in [0.25, 0.3) is 0 Å². The van der Waals surface area contributed by atoms with E-state index in [0.717, 1.165) is 5.56 Å². The minimum atomic E-state index is -1.35. The molecule has 0 amide bonds. The van der Waals surface area contributed by atoms with Gasteiger partial charge in [-0.3, -0.25) is 0 Å². The minimum absolute atomic E-state index is 0.325. The molecule has 0 heterocycles. The van der Waals surface area contributed by atoms with Crippen LogP contribution >= 0.6 is 11.6 Å². The van der Waals surface area contributed by atoms with Gasteiger partial charge in [-0.2, -0.15) is 0 Å². The lowest BCUT2D eigenvalue weighted by Gasteiger charge is -2.12. The molecule has 2 rings (SSSR count). The first-order valence-corrected chi connectivity index (χ1v) is 6.71. The second-order valence-electron chi connectivity index (χ2n) is 4.39. The molecule has 2 aromatic carbocycles. The highest BCUT2D eigenvalue weighted by Crippen LogP contribution is 2.29. The van der Waals surface area contributed by atoms with Gasteiger partial charge in [0.1, 0.15) is 12.4 Å². The Morgan fingerprint density at radius 3 is 2.57 bits per heavy atom. The number of ether oxygens (including phenoxy) is 2.